The monoisotopic (exact) mass is 179 g/mol. The van der Waals surface area contributed by atoms with E-state index >= 15 is 0 Å². The van der Waals surface area contributed by atoms with Crippen LogP contribution in [0.1, 0.15) is 5.82 Å². The number of fused-ring (bicyclic) bond motifs is 1. The van der Waals surface area contributed by atoms with Crippen LogP contribution >= 0.6 is 0 Å². The Balaban J connectivity index is 2.55. The number of rotatable bonds is 2. The largest absolute Gasteiger partial charge is 0.396 e. The van der Waals surface area contributed by atoms with Crippen LogP contribution in [-0.4, -0.2) is 26.3 Å². The zero-order valence-electron chi connectivity index (χ0n) is 6.90. The fourth-order valence-electron chi connectivity index (χ4n) is 1.17. The van der Waals surface area contributed by atoms with Crippen LogP contribution in [0.4, 0.5) is 0 Å². The maximum absolute atomic E-state index is 10.9. The van der Waals surface area contributed by atoms with Crippen molar-refractivity contribution in [1.82, 2.24) is 14.6 Å². The van der Waals surface area contributed by atoms with E-state index in [4.69, 9.17) is 5.11 Å². The van der Waals surface area contributed by atoms with Gasteiger partial charge in [0, 0.05) is 24.8 Å². The van der Waals surface area contributed by atoms with Crippen LogP contribution in [0.15, 0.2) is 23.1 Å². The predicted octanol–water partition coefficient (Wildman–Crippen LogP) is -0.443. The number of aliphatic hydroxyl groups is 1. The minimum absolute atomic E-state index is 0.0462. The number of H-pyrrole nitrogens is 1. The van der Waals surface area contributed by atoms with Crippen LogP contribution in [0, 0.1) is 0 Å². The Morgan fingerprint density at radius 1 is 1.62 bits per heavy atom. The van der Waals surface area contributed by atoms with Crippen LogP contribution in [0.2, 0.25) is 0 Å². The van der Waals surface area contributed by atoms with Crippen molar-refractivity contribution < 1.29 is 5.11 Å². The Morgan fingerprint density at radius 3 is 3.23 bits per heavy atom. The van der Waals surface area contributed by atoms with Gasteiger partial charge in [-0.2, -0.15) is 0 Å². The van der Waals surface area contributed by atoms with Gasteiger partial charge in [0.05, 0.1) is 6.61 Å². The Bertz CT molecular complexity index is 471. The second-order valence-electron chi connectivity index (χ2n) is 2.73. The summed E-state index contributed by atoms with van der Waals surface area (Å²) in [4.78, 5) is 15.0. The summed E-state index contributed by atoms with van der Waals surface area (Å²) in [6, 6.07) is 2.89. The molecule has 5 nitrogen and oxygen atoms in total. The van der Waals surface area contributed by atoms with Crippen LogP contribution in [0.5, 0.6) is 0 Å². The number of nitrogens with zero attached hydrogens (tertiary/aromatic N) is 2. The first-order valence-corrected chi connectivity index (χ1v) is 3.98. The summed E-state index contributed by atoms with van der Waals surface area (Å²) in [5, 5.41) is 11.6. The number of aliphatic hydroxyl groups excluding tert-OH is 1. The fraction of sp³-hybridized carbons (Fsp3) is 0.250. The highest BCUT2D eigenvalue weighted by molar-refractivity contribution is 5.36. The number of nitrogens with one attached hydrogen (secondary N) is 1. The zero-order valence-corrected chi connectivity index (χ0v) is 6.90. The van der Waals surface area contributed by atoms with E-state index in [0.717, 1.165) is 0 Å². The lowest BCUT2D eigenvalue weighted by molar-refractivity contribution is 0.296. The molecule has 0 aliphatic heterocycles. The van der Waals surface area contributed by atoms with E-state index in [1.165, 1.54) is 12.1 Å². The van der Waals surface area contributed by atoms with E-state index in [1.54, 1.807) is 10.7 Å². The number of hydrogen-bond donors (Lipinski definition) is 2. The van der Waals surface area contributed by atoms with Gasteiger partial charge in [-0.25, -0.2) is 9.50 Å². The van der Waals surface area contributed by atoms with Crippen LogP contribution in [-0.2, 0) is 6.42 Å². The molecule has 5 heteroatoms. The predicted molar refractivity (Wildman–Crippen MR) is 46.6 cm³/mol. The minimum atomic E-state index is -0.0675. The van der Waals surface area contributed by atoms with E-state index in [9.17, 15) is 4.79 Å². The first kappa shape index (κ1) is 8.00. The molecule has 2 N–H and O–H groups in total. The summed E-state index contributed by atoms with van der Waals surface area (Å²) < 4.78 is 1.65. The van der Waals surface area contributed by atoms with Crippen LogP contribution in [0.25, 0.3) is 5.65 Å². The molecule has 2 rings (SSSR count). The minimum Gasteiger partial charge on any atom is -0.396 e. The molecule has 13 heavy (non-hydrogen) atoms. The molecule has 2 aromatic heterocycles. The molecule has 0 aromatic carbocycles. The lowest BCUT2D eigenvalue weighted by Gasteiger charge is -1.88. The normalized spacial score (nSPS) is 10.8. The van der Waals surface area contributed by atoms with Gasteiger partial charge in [-0.15, -0.1) is 0 Å². The molecule has 0 aliphatic rings. The van der Waals surface area contributed by atoms with E-state index < -0.39 is 0 Å². The highest BCUT2D eigenvalue weighted by Crippen LogP contribution is 1.97. The standard InChI is InChI=1S/C8H9N3O2/c12-4-2-7-9-8-5-6(13)1-3-11(8)10-7/h1,3,5,12H,2,4H2,(H,9,10). The first-order valence-electron chi connectivity index (χ1n) is 3.98. The zero-order chi connectivity index (χ0) is 9.26. The van der Waals surface area contributed by atoms with Gasteiger partial charge >= 0.3 is 0 Å². The second-order valence-corrected chi connectivity index (χ2v) is 2.73. The van der Waals surface area contributed by atoms with Crippen molar-refractivity contribution in [2.24, 2.45) is 0 Å². The maximum atomic E-state index is 10.9. The number of hydrogen-bond acceptors (Lipinski definition) is 3. The van der Waals surface area contributed by atoms with Gasteiger partial charge in [0.1, 0.15) is 5.82 Å². The molecule has 0 fully saturated rings. The molecule has 0 atom stereocenters. The third kappa shape index (κ3) is 1.46. The van der Waals surface area contributed by atoms with Crippen molar-refractivity contribution >= 4 is 5.65 Å². The summed E-state index contributed by atoms with van der Waals surface area (Å²) in [5.41, 5.74) is 0.512. The van der Waals surface area contributed by atoms with E-state index in [1.807, 2.05) is 0 Å². The molecular weight excluding hydrogens is 170 g/mol. The average molecular weight is 179 g/mol. The summed E-state index contributed by atoms with van der Waals surface area (Å²) in [5.74, 6) is 0.674. The smallest absolute Gasteiger partial charge is 0.183 e. The molecule has 2 heterocycles. The van der Waals surface area contributed by atoms with Crippen LogP contribution < -0.4 is 5.43 Å². The lowest BCUT2D eigenvalue weighted by atomic mass is 10.4. The van der Waals surface area contributed by atoms with Crippen molar-refractivity contribution in [2.75, 3.05) is 6.61 Å². The fourth-order valence-corrected chi connectivity index (χ4v) is 1.17. The molecule has 0 bridgehead atoms. The SMILES string of the molecule is O=c1ccn2[nH]c(CCO)nc2c1. The Hall–Kier alpha value is -1.62. The third-order valence-electron chi connectivity index (χ3n) is 1.75. The van der Waals surface area contributed by atoms with E-state index in [0.29, 0.717) is 17.9 Å². The summed E-state index contributed by atoms with van der Waals surface area (Å²) in [6.07, 6.45) is 2.08. The van der Waals surface area contributed by atoms with Gasteiger partial charge in [-0.3, -0.25) is 9.89 Å². The molecule has 0 spiro atoms. The Labute approximate surface area is 73.6 Å². The summed E-state index contributed by atoms with van der Waals surface area (Å²) in [6.45, 7) is 0.0462. The number of aromatic nitrogens is 3. The van der Waals surface area contributed by atoms with Crippen molar-refractivity contribution in [3.63, 3.8) is 0 Å². The van der Waals surface area contributed by atoms with Crippen LogP contribution in [0.3, 0.4) is 0 Å². The molecular formula is C8H9N3O2. The molecule has 0 aliphatic carbocycles. The second kappa shape index (κ2) is 3.02. The van der Waals surface area contributed by atoms with E-state index in [-0.39, 0.29) is 12.0 Å². The molecule has 0 saturated heterocycles. The Morgan fingerprint density at radius 2 is 2.46 bits per heavy atom. The van der Waals surface area contributed by atoms with Crippen molar-refractivity contribution in [1.29, 1.82) is 0 Å². The quantitative estimate of drug-likeness (QED) is 0.656. The van der Waals surface area contributed by atoms with Crippen molar-refractivity contribution in [2.45, 2.75) is 6.42 Å². The molecule has 0 unspecified atom stereocenters. The lowest BCUT2D eigenvalue weighted by Crippen LogP contribution is -1.98. The number of pyridine rings is 1. The topological polar surface area (TPSA) is 70.4 Å². The number of aromatic amines is 1. The third-order valence-corrected chi connectivity index (χ3v) is 1.75. The van der Waals surface area contributed by atoms with Gasteiger partial charge in [0.25, 0.3) is 0 Å². The summed E-state index contributed by atoms with van der Waals surface area (Å²) in [7, 11) is 0. The molecule has 68 valence electrons. The van der Waals surface area contributed by atoms with Crippen molar-refractivity contribution in [3.8, 4) is 0 Å². The Kier molecular flexibility index (Phi) is 1.86. The highest BCUT2D eigenvalue weighted by atomic mass is 16.3. The van der Waals surface area contributed by atoms with Gasteiger partial charge in [0.15, 0.2) is 11.1 Å². The highest BCUT2D eigenvalue weighted by Gasteiger charge is 2.00. The van der Waals surface area contributed by atoms with E-state index in [2.05, 4.69) is 10.1 Å². The van der Waals surface area contributed by atoms with Gasteiger partial charge in [0.2, 0.25) is 0 Å². The summed E-state index contributed by atoms with van der Waals surface area (Å²) >= 11 is 0. The van der Waals surface area contributed by atoms with Crippen molar-refractivity contribution in [3.05, 3.63) is 34.4 Å². The van der Waals surface area contributed by atoms with Gasteiger partial charge in [-0.05, 0) is 0 Å². The first-order chi connectivity index (χ1) is 6.29. The molecule has 0 amide bonds. The molecule has 0 saturated carbocycles. The average Bonchev–Trinajstić information content (AvgIpc) is 2.46. The van der Waals surface area contributed by atoms with Gasteiger partial charge < -0.3 is 5.11 Å². The molecule has 0 radical (unpaired) electrons. The van der Waals surface area contributed by atoms with Gasteiger partial charge in [-0.1, -0.05) is 0 Å². The maximum Gasteiger partial charge on any atom is 0.183 e. The molecule has 2 aromatic rings.